The molecule has 1 aliphatic carbocycles. The van der Waals surface area contributed by atoms with Crippen LogP contribution in [0, 0.1) is 5.92 Å². The number of hydrogen-bond donors (Lipinski definition) is 1. The molecule has 0 bridgehead atoms. The van der Waals surface area contributed by atoms with Crippen molar-refractivity contribution >= 4 is 23.2 Å². The number of benzene rings is 1. The van der Waals surface area contributed by atoms with Crippen LogP contribution in [0.25, 0.3) is 11.1 Å². The molecule has 5 rings (SSSR count). The Morgan fingerprint density at radius 2 is 1.83 bits per heavy atom. The number of nitrogens with zero attached hydrogens (tertiary/aromatic N) is 4. The summed E-state index contributed by atoms with van der Waals surface area (Å²) in [6.07, 6.45) is 8.13. The molecule has 158 valence electrons. The van der Waals surface area contributed by atoms with Gasteiger partial charge in [0.1, 0.15) is 0 Å². The first-order valence-electron chi connectivity index (χ1n) is 11.0. The molecule has 0 radical (unpaired) electrons. The first-order chi connectivity index (χ1) is 14.5. The molecule has 2 fully saturated rings. The summed E-state index contributed by atoms with van der Waals surface area (Å²) in [6.45, 7) is 6.19. The van der Waals surface area contributed by atoms with Crippen LogP contribution in [0.4, 0.5) is 11.4 Å². The standard InChI is InChI=1S/C23H29N5O2/c1-15-13-26(23(30)17-3-4-17)22-11-18(5-6-21(22)28(15)16(2)29)19-12-25-27(14-19)20-7-9-24-10-8-20/h5-6,11-12,14-15,17,20,24H,3-4,7-10,13H2,1-2H3. The maximum atomic E-state index is 13.0. The third kappa shape index (κ3) is 3.41. The molecule has 1 atom stereocenters. The van der Waals surface area contributed by atoms with Crippen LogP contribution in [0.2, 0.25) is 0 Å². The Hall–Kier alpha value is -2.67. The van der Waals surface area contributed by atoms with E-state index < -0.39 is 0 Å². The molecule has 1 unspecified atom stereocenters. The molecule has 2 aliphatic heterocycles. The second kappa shape index (κ2) is 7.54. The van der Waals surface area contributed by atoms with Crippen molar-refractivity contribution in [1.29, 1.82) is 0 Å². The fourth-order valence-corrected chi connectivity index (χ4v) is 4.80. The third-order valence-electron chi connectivity index (χ3n) is 6.56. The van der Waals surface area contributed by atoms with Gasteiger partial charge in [0.05, 0.1) is 29.7 Å². The highest BCUT2D eigenvalue weighted by molar-refractivity contribution is 6.06. The smallest absolute Gasteiger partial charge is 0.230 e. The van der Waals surface area contributed by atoms with Gasteiger partial charge in [-0.05, 0) is 63.4 Å². The van der Waals surface area contributed by atoms with Crippen molar-refractivity contribution in [3.8, 4) is 11.1 Å². The van der Waals surface area contributed by atoms with Gasteiger partial charge in [-0.15, -0.1) is 0 Å². The molecule has 2 amide bonds. The van der Waals surface area contributed by atoms with E-state index in [2.05, 4.69) is 27.4 Å². The van der Waals surface area contributed by atoms with E-state index in [1.807, 2.05) is 35.1 Å². The molecule has 0 spiro atoms. The summed E-state index contributed by atoms with van der Waals surface area (Å²) < 4.78 is 2.08. The second-order valence-corrected chi connectivity index (χ2v) is 8.85. The van der Waals surface area contributed by atoms with Crippen LogP contribution in [-0.4, -0.2) is 47.3 Å². The topological polar surface area (TPSA) is 70.5 Å². The van der Waals surface area contributed by atoms with E-state index >= 15 is 0 Å². The average molecular weight is 408 g/mol. The largest absolute Gasteiger partial charge is 0.317 e. The van der Waals surface area contributed by atoms with Crippen LogP contribution in [0.1, 0.15) is 45.6 Å². The Morgan fingerprint density at radius 1 is 1.07 bits per heavy atom. The van der Waals surface area contributed by atoms with Crippen molar-refractivity contribution in [2.75, 3.05) is 29.4 Å². The zero-order chi connectivity index (χ0) is 20.8. The number of anilines is 2. The number of carbonyl (C=O) groups excluding carboxylic acids is 2. The molecule has 3 heterocycles. The maximum Gasteiger partial charge on any atom is 0.230 e. The Balaban J connectivity index is 1.51. The summed E-state index contributed by atoms with van der Waals surface area (Å²) in [5.74, 6) is 0.336. The van der Waals surface area contributed by atoms with Gasteiger partial charge in [-0.3, -0.25) is 14.3 Å². The molecule has 7 heteroatoms. The van der Waals surface area contributed by atoms with E-state index in [0.29, 0.717) is 12.6 Å². The molecule has 1 N–H and O–H groups in total. The van der Waals surface area contributed by atoms with Crippen LogP contribution in [-0.2, 0) is 9.59 Å². The number of hydrogen-bond acceptors (Lipinski definition) is 4. The minimum absolute atomic E-state index is 0.00810. The van der Waals surface area contributed by atoms with E-state index in [0.717, 1.165) is 61.3 Å². The quantitative estimate of drug-likeness (QED) is 0.849. The minimum Gasteiger partial charge on any atom is -0.317 e. The number of rotatable bonds is 3. The van der Waals surface area contributed by atoms with Gasteiger partial charge < -0.3 is 15.1 Å². The molecule has 1 aromatic heterocycles. The Kier molecular flexibility index (Phi) is 4.85. The van der Waals surface area contributed by atoms with Gasteiger partial charge >= 0.3 is 0 Å². The SMILES string of the molecule is CC(=O)N1c2ccc(-c3cnn(C4CCNCC4)c3)cc2N(C(=O)C2CC2)CC1C. The van der Waals surface area contributed by atoms with Gasteiger partial charge in [-0.25, -0.2) is 0 Å². The molecular weight excluding hydrogens is 378 g/mol. The van der Waals surface area contributed by atoms with Crippen molar-refractivity contribution < 1.29 is 9.59 Å². The van der Waals surface area contributed by atoms with Gasteiger partial charge in [0.15, 0.2) is 0 Å². The molecule has 1 saturated heterocycles. The van der Waals surface area contributed by atoms with Crippen molar-refractivity contribution in [3.05, 3.63) is 30.6 Å². The van der Waals surface area contributed by atoms with Crippen LogP contribution in [0.15, 0.2) is 30.6 Å². The van der Waals surface area contributed by atoms with Crippen LogP contribution in [0.3, 0.4) is 0 Å². The number of fused-ring (bicyclic) bond motifs is 1. The average Bonchev–Trinajstić information content (AvgIpc) is 3.49. The molecule has 30 heavy (non-hydrogen) atoms. The van der Waals surface area contributed by atoms with Crippen LogP contribution in [0.5, 0.6) is 0 Å². The summed E-state index contributed by atoms with van der Waals surface area (Å²) in [7, 11) is 0. The van der Waals surface area contributed by atoms with Crippen LogP contribution >= 0.6 is 0 Å². The van der Waals surface area contributed by atoms with Crippen molar-refractivity contribution in [1.82, 2.24) is 15.1 Å². The van der Waals surface area contributed by atoms with Gasteiger partial charge in [-0.1, -0.05) is 6.07 Å². The Labute approximate surface area is 177 Å². The zero-order valence-electron chi connectivity index (χ0n) is 17.7. The van der Waals surface area contributed by atoms with Crippen molar-refractivity contribution in [2.24, 2.45) is 5.92 Å². The number of carbonyl (C=O) groups is 2. The van der Waals surface area contributed by atoms with Gasteiger partial charge in [0.2, 0.25) is 11.8 Å². The number of nitrogens with one attached hydrogen (secondary N) is 1. The lowest BCUT2D eigenvalue weighted by molar-refractivity contribution is -0.120. The highest BCUT2D eigenvalue weighted by Gasteiger charge is 2.39. The number of aromatic nitrogens is 2. The fraction of sp³-hybridized carbons (Fsp3) is 0.522. The normalized spacial score (nSPS) is 22.1. The Bertz CT molecular complexity index is 974. The summed E-state index contributed by atoms with van der Waals surface area (Å²) >= 11 is 0. The molecule has 1 aromatic carbocycles. The summed E-state index contributed by atoms with van der Waals surface area (Å²) in [5, 5.41) is 8.01. The monoisotopic (exact) mass is 407 g/mol. The molecule has 1 saturated carbocycles. The summed E-state index contributed by atoms with van der Waals surface area (Å²) in [5.41, 5.74) is 3.74. The summed E-state index contributed by atoms with van der Waals surface area (Å²) in [6, 6.07) is 6.47. The first kappa shape index (κ1) is 19.3. The lowest BCUT2D eigenvalue weighted by Crippen LogP contribution is -2.51. The van der Waals surface area contributed by atoms with E-state index in [1.54, 1.807) is 6.92 Å². The fourth-order valence-electron chi connectivity index (χ4n) is 4.80. The number of piperidine rings is 1. The molecule has 2 aromatic rings. The lowest BCUT2D eigenvalue weighted by Gasteiger charge is -2.41. The third-order valence-corrected chi connectivity index (χ3v) is 6.56. The van der Waals surface area contributed by atoms with E-state index in [1.165, 1.54) is 0 Å². The van der Waals surface area contributed by atoms with E-state index in [9.17, 15) is 9.59 Å². The first-order valence-corrected chi connectivity index (χ1v) is 11.0. The van der Waals surface area contributed by atoms with E-state index in [4.69, 9.17) is 0 Å². The van der Waals surface area contributed by atoms with Crippen molar-refractivity contribution in [2.45, 2.75) is 51.6 Å². The molecule has 3 aliphatic rings. The van der Waals surface area contributed by atoms with Crippen LogP contribution < -0.4 is 15.1 Å². The van der Waals surface area contributed by atoms with Crippen molar-refractivity contribution in [3.63, 3.8) is 0 Å². The summed E-state index contributed by atoms with van der Waals surface area (Å²) in [4.78, 5) is 29.1. The predicted molar refractivity (Wildman–Crippen MR) is 117 cm³/mol. The van der Waals surface area contributed by atoms with Gasteiger partial charge in [0, 0.05) is 31.1 Å². The van der Waals surface area contributed by atoms with Gasteiger partial charge in [-0.2, -0.15) is 5.10 Å². The maximum absolute atomic E-state index is 13.0. The highest BCUT2D eigenvalue weighted by atomic mass is 16.2. The highest BCUT2D eigenvalue weighted by Crippen LogP contribution is 2.42. The zero-order valence-corrected chi connectivity index (χ0v) is 17.7. The Morgan fingerprint density at radius 3 is 2.53 bits per heavy atom. The second-order valence-electron chi connectivity index (χ2n) is 8.85. The molecule has 7 nitrogen and oxygen atoms in total. The predicted octanol–water partition coefficient (Wildman–Crippen LogP) is 2.97. The molecular formula is C23H29N5O2. The van der Waals surface area contributed by atoms with E-state index in [-0.39, 0.29) is 23.8 Å². The number of amides is 2. The lowest BCUT2D eigenvalue weighted by atomic mass is 10.0. The minimum atomic E-state index is -0.0359. The van der Waals surface area contributed by atoms with Gasteiger partial charge in [0.25, 0.3) is 0 Å².